The van der Waals surface area contributed by atoms with E-state index in [0.717, 1.165) is 12.8 Å². The van der Waals surface area contributed by atoms with Gasteiger partial charge in [-0.3, -0.25) is 14.8 Å². The molecule has 4 atom stereocenters. The first kappa shape index (κ1) is 20.1. The quantitative estimate of drug-likeness (QED) is 0.569. The fourth-order valence-corrected chi connectivity index (χ4v) is 4.02. The lowest BCUT2D eigenvalue weighted by atomic mass is 9.68. The van der Waals surface area contributed by atoms with Gasteiger partial charge in [-0.25, -0.2) is 4.39 Å². The number of carbonyl (C=O) groups is 1. The average molecular weight is 387 g/mol. The van der Waals surface area contributed by atoms with E-state index < -0.39 is 12.2 Å². The van der Waals surface area contributed by atoms with E-state index in [-0.39, 0.29) is 42.3 Å². The van der Waals surface area contributed by atoms with Gasteiger partial charge in [0.2, 0.25) is 5.91 Å². The van der Waals surface area contributed by atoms with Crippen molar-refractivity contribution in [3.8, 4) is 6.07 Å². The number of halogens is 1. The molecule has 9 heteroatoms. The van der Waals surface area contributed by atoms with Crippen LogP contribution in [-0.2, 0) is 4.79 Å². The maximum Gasteiger partial charge on any atom is 0.245 e. The predicted octanol–water partition coefficient (Wildman–Crippen LogP) is 1.88. The molecule has 1 aliphatic carbocycles. The van der Waals surface area contributed by atoms with Gasteiger partial charge < -0.3 is 4.90 Å². The molecule has 0 aromatic carbocycles. The minimum atomic E-state index is -1.13. The zero-order chi connectivity index (χ0) is 20.4. The number of amides is 1. The maximum absolute atomic E-state index is 13.5. The van der Waals surface area contributed by atoms with Crippen molar-refractivity contribution in [2.24, 2.45) is 20.8 Å². The molecular formula is C19H26FN7O. The highest BCUT2D eigenvalue weighted by Crippen LogP contribution is 2.52. The Morgan fingerprint density at radius 2 is 2.11 bits per heavy atom. The molecule has 2 heterocycles. The van der Waals surface area contributed by atoms with Gasteiger partial charge in [-0.05, 0) is 18.3 Å². The van der Waals surface area contributed by atoms with Gasteiger partial charge in [0.15, 0.2) is 0 Å². The molecular weight excluding hydrogens is 361 g/mol. The Bertz CT molecular complexity index is 798. The summed E-state index contributed by atoms with van der Waals surface area (Å²) in [5.74, 6) is -0.304. The molecule has 0 N–H and O–H groups in total. The van der Waals surface area contributed by atoms with Crippen LogP contribution in [0.1, 0.15) is 40.0 Å². The zero-order valence-electron chi connectivity index (χ0n) is 16.5. The Balaban J connectivity index is 1.63. The first-order chi connectivity index (χ1) is 13.3. The second kappa shape index (κ2) is 7.78. The fraction of sp³-hybridized carbons (Fsp3) is 0.684. The van der Waals surface area contributed by atoms with Crippen LogP contribution in [0.2, 0.25) is 0 Å². The second-order valence-corrected chi connectivity index (χ2v) is 8.30. The summed E-state index contributed by atoms with van der Waals surface area (Å²) in [5, 5.41) is 17.1. The van der Waals surface area contributed by atoms with Crippen molar-refractivity contribution in [2.45, 2.75) is 58.3 Å². The van der Waals surface area contributed by atoms with Crippen molar-refractivity contribution in [1.82, 2.24) is 19.9 Å². The van der Waals surface area contributed by atoms with E-state index >= 15 is 0 Å². The number of likely N-dealkylation sites (tertiary alicyclic amines) is 1. The number of rotatable bonds is 5. The molecule has 0 radical (unpaired) electrons. The second-order valence-electron chi connectivity index (χ2n) is 8.30. The molecule has 3 rings (SSSR count). The van der Waals surface area contributed by atoms with Crippen LogP contribution in [0.3, 0.4) is 0 Å². The lowest BCUT2D eigenvalue weighted by molar-refractivity contribution is -0.129. The molecule has 8 nitrogen and oxygen atoms in total. The molecule has 0 unspecified atom stereocenters. The third kappa shape index (κ3) is 3.81. The Labute approximate surface area is 164 Å². The number of hydrogen-bond donors (Lipinski definition) is 0. The first-order valence-corrected chi connectivity index (χ1v) is 9.50. The molecule has 1 aliphatic heterocycles. The Kier molecular flexibility index (Phi) is 5.59. The fourth-order valence-electron chi connectivity index (χ4n) is 4.02. The highest BCUT2D eigenvalue weighted by atomic mass is 19.1. The molecule has 1 saturated heterocycles. The van der Waals surface area contributed by atoms with Crippen LogP contribution >= 0.6 is 0 Å². The minimum absolute atomic E-state index is 0.0202. The number of aromatic nitrogens is 3. The zero-order valence-corrected chi connectivity index (χ0v) is 16.5. The first-order valence-electron chi connectivity index (χ1n) is 9.50. The van der Waals surface area contributed by atoms with E-state index in [1.54, 1.807) is 18.7 Å². The Hall–Kier alpha value is -2.63. The lowest BCUT2D eigenvalue weighted by Crippen LogP contribution is -2.39. The average Bonchev–Trinajstić information content (AvgIpc) is 3.34. The molecule has 150 valence electrons. The van der Waals surface area contributed by atoms with Gasteiger partial charge in [0, 0.05) is 18.1 Å². The molecule has 1 saturated carbocycles. The third-order valence-corrected chi connectivity index (χ3v) is 6.35. The van der Waals surface area contributed by atoms with Gasteiger partial charge in [-0.15, -0.1) is 4.80 Å². The van der Waals surface area contributed by atoms with Crippen LogP contribution in [0, 0.1) is 22.2 Å². The number of carbonyl (C=O) groups excluding carboxylic acids is 1. The monoisotopic (exact) mass is 387 g/mol. The van der Waals surface area contributed by atoms with Crippen molar-refractivity contribution in [2.75, 3.05) is 13.1 Å². The van der Waals surface area contributed by atoms with E-state index in [9.17, 15) is 9.18 Å². The van der Waals surface area contributed by atoms with Crippen LogP contribution in [-0.4, -0.2) is 69.7 Å². The van der Waals surface area contributed by atoms with Crippen LogP contribution in [0.15, 0.2) is 22.4 Å². The van der Waals surface area contributed by atoms with Gasteiger partial charge in [-0.2, -0.15) is 15.5 Å². The summed E-state index contributed by atoms with van der Waals surface area (Å²) in [6.07, 6.45) is 7.41. The smallest absolute Gasteiger partial charge is 0.245 e. The summed E-state index contributed by atoms with van der Waals surface area (Å²) in [5.41, 5.74) is -0.398. The number of nitriles is 1. The summed E-state index contributed by atoms with van der Waals surface area (Å²) in [4.78, 5) is 24.1. The maximum atomic E-state index is 13.5. The van der Waals surface area contributed by atoms with Gasteiger partial charge in [-0.1, -0.05) is 20.8 Å². The van der Waals surface area contributed by atoms with Crippen molar-refractivity contribution in [3.63, 3.8) is 0 Å². The number of hydrogen-bond acceptors (Lipinski definition) is 6. The van der Waals surface area contributed by atoms with Gasteiger partial charge >= 0.3 is 0 Å². The molecule has 2 fully saturated rings. The van der Waals surface area contributed by atoms with Crippen molar-refractivity contribution < 1.29 is 9.18 Å². The van der Waals surface area contributed by atoms with Crippen LogP contribution in [0.4, 0.5) is 4.39 Å². The standard InChI is InChI=1S/C19H26FN7O/c1-18(2)16(23-13-27-24-6-7-25-27)4-5-19(18,3)12-22-10-17(28)26-11-14(20)8-15(26)9-21/h6-7,12-16H,4-5,8,10-11H2,1-3H3/t14-,15-,16-,19+/m0/s1. The van der Waals surface area contributed by atoms with E-state index in [1.807, 2.05) is 12.3 Å². The van der Waals surface area contributed by atoms with E-state index in [2.05, 4.69) is 41.0 Å². The van der Waals surface area contributed by atoms with E-state index in [1.165, 1.54) is 9.70 Å². The van der Waals surface area contributed by atoms with Crippen molar-refractivity contribution in [3.05, 3.63) is 12.4 Å². The van der Waals surface area contributed by atoms with Crippen LogP contribution < -0.4 is 0 Å². The Morgan fingerprint density at radius 1 is 1.39 bits per heavy atom. The molecule has 0 bridgehead atoms. The van der Waals surface area contributed by atoms with Crippen LogP contribution in [0.25, 0.3) is 0 Å². The highest BCUT2D eigenvalue weighted by Gasteiger charge is 2.50. The summed E-state index contributed by atoms with van der Waals surface area (Å²) in [6, 6.07) is 1.39. The van der Waals surface area contributed by atoms with E-state index in [0.29, 0.717) is 0 Å². The molecule has 0 spiro atoms. The molecule has 1 amide bonds. The SMILES string of the molecule is CC1(C)[C@@H](N=Cn2nccn2)CC[C@]1(C)C=NCC(=O)N1C[C@@H](F)C[C@H]1C#N. The van der Waals surface area contributed by atoms with E-state index in [4.69, 9.17) is 5.26 Å². The van der Waals surface area contributed by atoms with Crippen molar-refractivity contribution >= 4 is 18.5 Å². The van der Waals surface area contributed by atoms with Crippen molar-refractivity contribution in [1.29, 1.82) is 5.26 Å². The third-order valence-electron chi connectivity index (χ3n) is 6.35. The number of nitrogens with zero attached hydrogens (tertiary/aromatic N) is 7. The summed E-state index contributed by atoms with van der Waals surface area (Å²) in [6.45, 7) is 6.32. The summed E-state index contributed by atoms with van der Waals surface area (Å²) < 4.78 is 13.5. The highest BCUT2D eigenvalue weighted by molar-refractivity contribution is 5.81. The molecule has 1 aromatic rings. The topological polar surface area (TPSA) is 99.5 Å². The summed E-state index contributed by atoms with van der Waals surface area (Å²) in [7, 11) is 0. The lowest BCUT2D eigenvalue weighted by Gasteiger charge is -2.37. The molecule has 2 aliphatic rings. The Morgan fingerprint density at radius 3 is 2.79 bits per heavy atom. The number of aliphatic imine (C=N–C) groups is 2. The van der Waals surface area contributed by atoms with Gasteiger partial charge in [0.25, 0.3) is 0 Å². The predicted molar refractivity (Wildman–Crippen MR) is 103 cm³/mol. The normalized spacial score (nSPS) is 32.4. The van der Waals surface area contributed by atoms with Gasteiger partial charge in [0.05, 0.1) is 31.0 Å². The summed E-state index contributed by atoms with van der Waals surface area (Å²) >= 11 is 0. The molecule has 1 aromatic heterocycles. The molecule has 28 heavy (non-hydrogen) atoms. The number of alkyl halides is 1. The minimum Gasteiger partial charge on any atom is -0.322 e. The van der Waals surface area contributed by atoms with Crippen LogP contribution in [0.5, 0.6) is 0 Å². The van der Waals surface area contributed by atoms with Gasteiger partial charge in [0.1, 0.15) is 25.1 Å². The largest absolute Gasteiger partial charge is 0.322 e.